The predicted octanol–water partition coefficient (Wildman–Crippen LogP) is 26.2. The molecule has 6 fully saturated rings. The molecule has 0 saturated heterocycles. The molecule has 92 heavy (non-hydrogen) atoms. The number of hydrogen-bond donors (Lipinski definition) is 0. The Morgan fingerprint density at radius 2 is 0.826 bits per heavy atom. The zero-order valence-corrected chi connectivity index (χ0v) is 61.6. The molecule has 6 rings (SSSR count). The summed E-state index contributed by atoms with van der Waals surface area (Å²) >= 11 is 0. The lowest BCUT2D eigenvalue weighted by molar-refractivity contribution is -0.124. The number of carbonyl (C=O) groups is 2. The highest BCUT2D eigenvalue weighted by Crippen LogP contribution is 2.61. The number of fused-ring (bicyclic) bond motifs is 2. The summed E-state index contributed by atoms with van der Waals surface area (Å²) in [6.07, 6.45) is 70.8. The van der Waals surface area contributed by atoms with Crippen LogP contribution in [0.15, 0.2) is 95.2 Å². The van der Waals surface area contributed by atoms with Crippen LogP contribution in [0.25, 0.3) is 0 Å². The quantitative estimate of drug-likeness (QED) is 0.0453. The van der Waals surface area contributed by atoms with Gasteiger partial charge in [-0.05, 0) is 271 Å². The first-order valence-electron chi connectivity index (χ1n) is 39.0. The van der Waals surface area contributed by atoms with Gasteiger partial charge < -0.3 is 9.80 Å². The number of unbranched alkanes of at least 4 members (excludes halogenated alkanes) is 14. The van der Waals surface area contributed by atoms with Crippen molar-refractivity contribution in [2.75, 3.05) is 41.3 Å². The van der Waals surface area contributed by atoms with E-state index in [1.54, 1.807) is 11.1 Å². The molecular formula is C88H154N2O2. The Kier molecular flexibility index (Phi) is 41.4. The SMILES string of the molecule is C.C.C=C1CC[C@H](C(=O)CCCCCC/C=C/C/C=C\CCCCCN(C)C)C/C1=C\C=C1/CCC[C@@]2(C)C1CC[C@@H]2[C@H](C)CCCC(C)C.C=C1CC[C@H](C(=O)CCCCCCCCCCN(C)C)C/C1=C\C=C1/CCC[C@@]2(C)C1CC[C@@H]2[C@H](C)CCCC(C)C. The Hall–Kier alpha value is -2.82. The highest BCUT2D eigenvalue weighted by atomic mass is 16.1. The van der Waals surface area contributed by atoms with Crippen molar-refractivity contribution in [1.82, 2.24) is 9.80 Å². The zero-order chi connectivity index (χ0) is 65.3. The number of Topliss-reactive ketones (excluding diaryl/α,β-unsaturated/α-hetero) is 2. The zero-order valence-electron chi connectivity index (χ0n) is 61.6. The summed E-state index contributed by atoms with van der Waals surface area (Å²) in [5.74, 6) is 8.04. The molecule has 4 heteroatoms. The lowest BCUT2D eigenvalue weighted by Gasteiger charge is -2.44. The van der Waals surface area contributed by atoms with E-state index in [4.69, 9.17) is 0 Å². The minimum atomic E-state index is 0. The molecule has 0 aliphatic heterocycles. The molecule has 2 unspecified atom stereocenters. The summed E-state index contributed by atoms with van der Waals surface area (Å²) in [6.45, 7) is 31.1. The number of carbonyl (C=O) groups excluding carboxylic acids is 2. The first-order chi connectivity index (χ1) is 43.2. The number of hydrogen-bond acceptors (Lipinski definition) is 4. The van der Waals surface area contributed by atoms with Gasteiger partial charge in [0.05, 0.1) is 0 Å². The lowest BCUT2D eigenvalue weighted by atomic mass is 9.60. The summed E-state index contributed by atoms with van der Waals surface area (Å²) < 4.78 is 0. The third-order valence-corrected chi connectivity index (χ3v) is 24.1. The van der Waals surface area contributed by atoms with Crippen LogP contribution in [0.1, 0.15) is 340 Å². The maximum Gasteiger partial charge on any atom is 0.136 e. The summed E-state index contributed by atoms with van der Waals surface area (Å²) in [4.78, 5) is 30.9. The third kappa shape index (κ3) is 29.1. The number of rotatable bonds is 40. The second-order valence-corrected chi connectivity index (χ2v) is 32.8. The minimum Gasteiger partial charge on any atom is -0.309 e. The van der Waals surface area contributed by atoms with Crippen LogP contribution in [-0.4, -0.2) is 62.6 Å². The minimum absolute atomic E-state index is 0. The average Bonchev–Trinajstić information content (AvgIpc) is 1.60. The number of allylic oxidation sites excluding steroid dienone is 14. The van der Waals surface area contributed by atoms with Gasteiger partial charge in [-0.15, -0.1) is 0 Å². The molecular weight excluding hydrogens is 1120 g/mol. The summed E-state index contributed by atoms with van der Waals surface area (Å²) in [7, 11) is 8.62. The molecule has 4 nitrogen and oxygen atoms in total. The molecule has 0 bridgehead atoms. The fourth-order valence-corrected chi connectivity index (χ4v) is 18.4. The largest absolute Gasteiger partial charge is 0.309 e. The van der Waals surface area contributed by atoms with Gasteiger partial charge in [-0.1, -0.05) is 251 Å². The molecule has 0 radical (unpaired) electrons. The highest BCUT2D eigenvalue weighted by molar-refractivity contribution is 5.82. The van der Waals surface area contributed by atoms with Crippen molar-refractivity contribution in [2.24, 2.45) is 70.0 Å². The summed E-state index contributed by atoms with van der Waals surface area (Å²) in [5.41, 5.74) is 9.63. The molecule has 6 aliphatic rings. The molecule has 0 aromatic carbocycles. The Bertz CT molecular complexity index is 2280. The predicted molar refractivity (Wildman–Crippen MR) is 409 cm³/mol. The van der Waals surface area contributed by atoms with Crippen molar-refractivity contribution in [2.45, 2.75) is 340 Å². The fraction of sp³-hybridized carbons (Fsp3) is 0.795. The van der Waals surface area contributed by atoms with E-state index in [-0.39, 0.29) is 26.7 Å². The van der Waals surface area contributed by atoms with Crippen LogP contribution in [0, 0.1) is 70.0 Å². The van der Waals surface area contributed by atoms with Crippen molar-refractivity contribution >= 4 is 11.6 Å². The van der Waals surface area contributed by atoms with Crippen LogP contribution in [0.2, 0.25) is 0 Å². The topological polar surface area (TPSA) is 40.6 Å². The molecule has 0 N–H and O–H groups in total. The second kappa shape index (κ2) is 45.6. The lowest BCUT2D eigenvalue weighted by Crippen LogP contribution is -2.36. The van der Waals surface area contributed by atoms with Gasteiger partial charge in [-0.2, -0.15) is 0 Å². The van der Waals surface area contributed by atoms with Crippen molar-refractivity contribution in [3.05, 3.63) is 95.2 Å². The van der Waals surface area contributed by atoms with Crippen LogP contribution >= 0.6 is 0 Å². The van der Waals surface area contributed by atoms with Crippen molar-refractivity contribution in [3.8, 4) is 0 Å². The van der Waals surface area contributed by atoms with E-state index in [1.165, 1.54) is 234 Å². The van der Waals surface area contributed by atoms with Crippen LogP contribution in [-0.2, 0) is 9.59 Å². The molecule has 10 atom stereocenters. The standard InChI is InChI=1S/C46H77NO.C40H69NO.2CH4/c1-37(2)24-22-25-39(4)43-32-33-44-40(26-23-34-46(43,44)5)30-31-41-36-42(29-28-38(41)3)45(48)27-20-18-16-14-12-10-8-9-11-13-15-17-19-21-35-47(6)7;1-31(2)18-16-19-33(4)37-26-27-38-34(20-17-28-40(37,38)5)24-25-35-30-36(23-22-32(35)3)39(42)21-14-12-10-8-9-11-13-15-29-41(6)7;;/h8,10-11,13,30-31,37,39,42-44H,3,9,12,14-29,32-36H2,1-2,4-7H3;24-25,31,33,36-38H,3,8-23,26-30H2,1-2,4-7H3;2*1H4/b10-8+,13-11-,40-30+,41-31+;34-24+,35-25+;;/t39-,42+,43-,44?,46-;33-,36+,37-,38?,40-;;/m11../s1. The molecule has 0 amide bonds. The van der Waals surface area contributed by atoms with E-state index >= 15 is 0 Å². The maximum atomic E-state index is 13.2. The maximum absolute atomic E-state index is 13.2. The molecule has 6 saturated carbocycles. The van der Waals surface area contributed by atoms with Crippen LogP contribution in [0.4, 0.5) is 0 Å². The summed E-state index contributed by atoms with van der Waals surface area (Å²) in [6, 6.07) is 0. The molecule has 6 aliphatic carbocycles. The third-order valence-electron chi connectivity index (χ3n) is 24.1. The van der Waals surface area contributed by atoms with Crippen molar-refractivity contribution < 1.29 is 9.59 Å². The Labute approximate surface area is 574 Å². The van der Waals surface area contributed by atoms with Gasteiger partial charge in [0.2, 0.25) is 0 Å². The molecule has 0 aromatic heterocycles. The van der Waals surface area contributed by atoms with E-state index < -0.39 is 0 Å². The number of nitrogens with zero attached hydrogens (tertiary/aromatic N) is 2. The van der Waals surface area contributed by atoms with Crippen LogP contribution in [0.5, 0.6) is 0 Å². The second-order valence-electron chi connectivity index (χ2n) is 32.8. The van der Waals surface area contributed by atoms with Crippen LogP contribution in [0.3, 0.4) is 0 Å². The highest BCUT2D eigenvalue weighted by Gasteiger charge is 2.52. The monoisotopic (exact) mass is 1270 g/mol. The first kappa shape index (κ1) is 83.4. The smallest absolute Gasteiger partial charge is 0.136 e. The summed E-state index contributed by atoms with van der Waals surface area (Å²) in [5, 5.41) is 0. The van der Waals surface area contributed by atoms with Gasteiger partial charge in [-0.3, -0.25) is 9.59 Å². The number of ketones is 2. The Morgan fingerprint density at radius 3 is 1.22 bits per heavy atom. The van der Waals surface area contributed by atoms with E-state index in [9.17, 15) is 9.59 Å². The van der Waals surface area contributed by atoms with Crippen LogP contribution < -0.4 is 0 Å². The van der Waals surface area contributed by atoms with E-state index in [0.717, 1.165) is 118 Å². The Balaban J connectivity index is 0.000000474. The van der Waals surface area contributed by atoms with Gasteiger partial charge in [-0.25, -0.2) is 0 Å². The Morgan fingerprint density at radius 1 is 0.457 bits per heavy atom. The van der Waals surface area contributed by atoms with Gasteiger partial charge in [0, 0.05) is 24.7 Å². The van der Waals surface area contributed by atoms with Gasteiger partial charge in [0.1, 0.15) is 11.6 Å². The van der Waals surface area contributed by atoms with Gasteiger partial charge in [0.15, 0.2) is 0 Å². The molecule has 0 aromatic rings. The van der Waals surface area contributed by atoms with Gasteiger partial charge >= 0.3 is 0 Å². The first-order valence-corrected chi connectivity index (χ1v) is 39.0. The van der Waals surface area contributed by atoms with E-state index in [0.29, 0.717) is 22.4 Å². The van der Waals surface area contributed by atoms with Crippen molar-refractivity contribution in [1.29, 1.82) is 0 Å². The van der Waals surface area contributed by atoms with Gasteiger partial charge in [0.25, 0.3) is 0 Å². The molecule has 528 valence electrons. The molecule has 0 heterocycles. The fourth-order valence-electron chi connectivity index (χ4n) is 18.4. The van der Waals surface area contributed by atoms with Crippen molar-refractivity contribution in [3.63, 3.8) is 0 Å². The molecule has 0 spiro atoms. The normalized spacial score (nSPS) is 27.6. The van der Waals surface area contributed by atoms with E-state index in [2.05, 4.69) is 155 Å². The van der Waals surface area contributed by atoms with E-state index in [1.807, 2.05) is 0 Å². The average molecular weight is 1270 g/mol.